The van der Waals surface area contributed by atoms with Gasteiger partial charge < -0.3 is 10.2 Å². The smallest absolute Gasteiger partial charge is 0.313 e. The van der Waals surface area contributed by atoms with Crippen LogP contribution in [0.1, 0.15) is 11.1 Å². The van der Waals surface area contributed by atoms with Gasteiger partial charge in [0.2, 0.25) is 0 Å². The maximum Gasteiger partial charge on any atom is 0.313 e. The molecule has 3 N–H and O–H groups in total. The Bertz CT molecular complexity index is 694. The molecule has 0 heterocycles. The van der Waals surface area contributed by atoms with Gasteiger partial charge in [0.05, 0.1) is 21.3 Å². The van der Waals surface area contributed by atoms with E-state index in [0.717, 1.165) is 17.8 Å². The summed E-state index contributed by atoms with van der Waals surface area (Å²) in [6.45, 7) is 0. The van der Waals surface area contributed by atoms with E-state index >= 15 is 0 Å². The van der Waals surface area contributed by atoms with Crippen LogP contribution in [0.5, 0.6) is 0 Å². The maximum atomic E-state index is 11.3. The highest BCUT2D eigenvalue weighted by atomic mass is 32.2. The number of thiocarbonyl (C=S) groups is 1. The van der Waals surface area contributed by atoms with Crippen molar-refractivity contribution in [1.82, 2.24) is 0 Å². The maximum absolute atomic E-state index is 11.3. The first-order chi connectivity index (χ1) is 9.62. The number of hydrogen-bond donors (Lipinski definition) is 3. The van der Waals surface area contributed by atoms with Crippen molar-refractivity contribution in [3.05, 3.63) is 29.3 Å². The summed E-state index contributed by atoms with van der Waals surface area (Å²) in [7, 11) is -4.61. The van der Waals surface area contributed by atoms with Crippen LogP contribution >= 0.6 is 24.0 Å². The van der Waals surface area contributed by atoms with Crippen LogP contribution in [0.2, 0.25) is 0 Å². The van der Waals surface area contributed by atoms with Crippen LogP contribution in [0.15, 0.2) is 23.1 Å². The van der Waals surface area contributed by atoms with Crippen molar-refractivity contribution >= 4 is 50.2 Å². The van der Waals surface area contributed by atoms with Gasteiger partial charge in [0.15, 0.2) is 0 Å². The third kappa shape index (κ3) is 5.08. The number of thioether (sulfide) groups is 1. The Labute approximate surface area is 129 Å². The fourth-order valence-corrected chi connectivity index (χ4v) is 3.25. The SMILES string of the molecule is O=C(O)CSC(=S)c1cccc(S(=O)(=O)O)c1CC(=O)O. The van der Waals surface area contributed by atoms with Crippen LogP contribution in [0, 0.1) is 0 Å². The van der Waals surface area contributed by atoms with E-state index in [9.17, 15) is 18.0 Å². The number of aliphatic carboxylic acids is 2. The van der Waals surface area contributed by atoms with Crippen molar-refractivity contribution in [2.75, 3.05) is 5.75 Å². The number of benzene rings is 1. The standard InChI is InChI=1S/C11H10O7S3/c12-9(13)4-7-6(11(19)20-5-10(14)15)2-1-3-8(7)21(16,17)18/h1-3H,4-5H2,(H,12,13)(H,14,15)(H,16,17,18). The van der Waals surface area contributed by atoms with Gasteiger partial charge in [-0.05, 0) is 11.6 Å². The number of carboxylic acid groups (broad SMARTS) is 2. The van der Waals surface area contributed by atoms with Crippen LogP contribution in [-0.2, 0) is 26.1 Å². The van der Waals surface area contributed by atoms with E-state index in [-0.39, 0.29) is 21.1 Å². The molecule has 0 fully saturated rings. The molecule has 1 aromatic carbocycles. The number of hydrogen-bond acceptors (Lipinski definition) is 6. The summed E-state index contributed by atoms with van der Waals surface area (Å²) in [6, 6.07) is 3.73. The van der Waals surface area contributed by atoms with Crippen molar-refractivity contribution < 1.29 is 32.8 Å². The largest absolute Gasteiger partial charge is 0.481 e. The zero-order chi connectivity index (χ0) is 16.2. The number of carbonyl (C=O) groups is 2. The average Bonchev–Trinajstić information content (AvgIpc) is 2.34. The Morgan fingerprint density at radius 3 is 2.29 bits per heavy atom. The summed E-state index contributed by atoms with van der Waals surface area (Å²) in [5.74, 6) is -2.77. The monoisotopic (exact) mass is 350 g/mol. The van der Waals surface area contributed by atoms with Crippen LogP contribution in [0.25, 0.3) is 0 Å². The molecule has 0 aliphatic carbocycles. The van der Waals surface area contributed by atoms with Crippen LogP contribution in [-0.4, -0.2) is 45.1 Å². The van der Waals surface area contributed by atoms with E-state index in [0.29, 0.717) is 0 Å². The van der Waals surface area contributed by atoms with E-state index < -0.39 is 33.4 Å². The molecule has 0 saturated heterocycles. The molecule has 0 aromatic heterocycles. The van der Waals surface area contributed by atoms with E-state index in [1.54, 1.807) is 0 Å². The molecular formula is C11H10O7S3. The molecule has 0 bridgehead atoms. The fraction of sp³-hybridized carbons (Fsp3) is 0.182. The van der Waals surface area contributed by atoms with Crippen molar-refractivity contribution in [3.8, 4) is 0 Å². The molecule has 10 heteroatoms. The molecule has 7 nitrogen and oxygen atoms in total. The van der Waals surface area contributed by atoms with Crippen molar-refractivity contribution in [2.45, 2.75) is 11.3 Å². The van der Waals surface area contributed by atoms with Gasteiger partial charge >= 0.3 is 11.9 Å². The lowest BCUT2D eigenvalue weighted by Crippen LogP contribution is -2.13. The molecule has 114 valence electrons. The minimum absolute atomic E-state index is 0.0409. The predicted molar refractivity (Wildman–Crippen MR) is 79.4 cm³/mol. The summed E-state index contributed by atoms with van der Waals surface area (Å²) in [6.07, 6.45) is -0.668. The lowest BCUT2D eigenvalue weighted by molar-refractivity contribution is -0.136. The summed E-state index contributed by atoms with van der Waals surface area (Å²) >= 11 is 5.75. The molecule has 0 atom stereocenters. The van der Waals surface area contributed by atoms with Gasteiger partial charge in [0.1, 0.15) is 0 Å². The van der Waals surface area contributed by atoms with Gasteiger partial charge in [0, 0.05) is 5.56 Å². The number of rotatable bonds is 6. The highest BCUT2D eigenvalue weighted by molar-refractivity contribution is 8.24. The van der Waals surface area contributed by atoms with Crippen LogP contribution in [0.4, 0.5) is 0 Å². The minimum Gasteiger partial charge on any atom is -0.481 e. The lowest BCUT2D eigenvalue weighted by atomic mass is 10.1. The molecule has 0 aliphatic heterocycles. The second kappa shape index (κ2) is 6.98. The first-order valence-corrected chi connectivity index (χ1v) is 8.16. The second-order valence-electron chi connectivity index (χ2n) is 3.80. The van der Waals surface area contributed by atoms with Crippen molar-refractivity contribution in [2.24, 2.45) is 0 Å². The zero-order valence-corrected chi connectivity index (χ0v) is 12.8. The van der Waals surface area contributed by atoms with Crippen LogP contribution in [0.3, 0.4) is 0 Å². The van der Waals surface area contributed by atoms with Crippen molar-refractivity contribution in [3.63, 3.8) is 0 Å². The second-order valence-corrected chi connectivity index (χ2v) is 6.84. The summed E-state index contributed by atoms with van der Waals surface area (Å²) < 4.78 is 31.8. The van der Waals surface area contributed by atoms with E-state index in [1.807, 2.05) is 0 Å². The predicted octanol–water partition coefficient (Wildman–Crippen LogP) is 1.05. The summed E-state index contributed by atoms with van der Waals surface area (Å²) in [5, 5.41) is 17.5. The fourth-order valence-electron chi connectivity index (χ4n) is 1.54. The van der Waals surface area contributed by atoms with Gasteiger partial charge in [-0.2, -0.15) is 8.42 Å². The van der Waals surface area contributed by atoms with E-state index in [2.05, 4.69) is 0 Å². The normalized spacial score (nSPS) is 11.1. The molecule has 0 unspecified atom stereocenters. The number of carboxylic acids is 2. The molecular weight excluding hydrogens is 340 g/mol. The molecule has 0 saturated carbocycles. The molecule has 0 radical (unpaired) electrons. The molecule has 0 spiro atoms. The molecule has 1 aromatic rings. The van der Waals surface area contributed by atoms with Crippen LogP contribution < -0.4 is 0 Å². The molecule has 0 amide bonds. The molecule has 0 aliphatic rings. The quantitative estimate of drug-likeness (QED) is 0.509. The zero-order valence-electron chi connectivity index (χ0n) is 10.3. The van der Waals surface area contributed by atoms with Gasteiger partial charge in [0.25, 0.3) is 10.1 Å². The Morgan fingerprint density at radius 2 is 1.81 bits per heavy atom. The Morgan fingerprint density at radius 1 is 1.19 bits per heavy atom. The third-order valence-electron chi connectivity index (χ3n) is 2.29. The first-order valence-electron chi connectivity index (χ1n) is 5.33. The van der Waals surface area contributed by atoms with E-state index in [4.69, 9.17) is 27.0 Å². The third-order valence-corrected chi connectivity index (χ3v) is 4.67. The minimum atomic E-state index is -4.61. The van der Waals surface area contributed by atoms with Gasteiger partial charge in [-0.25, -0.2) is 0 Å². The highest BCUT2D eigenvalue weighted by Gasteiger charge is 2.22. The van der Waals surface area contributed by atoms with Crippen molar-refractivity contribution in [1.29, 1.82) is 0 Å². The summed E-state index contributed by atoms with van der Waals surface area (Å²) in [5.41, 5.74) is -0.0656. The molecule has 21 heavy (non-hydrogen) atoms. The summed E-state index contributed by atoms with van der Waals surface area (Å²) in [4.78, 5) is 20.8. The average molecular weight is 350 g/mol. The molecule has 1 rings (SSSR count). The van der Waals surface area contributed by atoms with Gasteiger partial charge in [-0.1, -0.05) is 24.4 Å². The Hall–Kier alpha value is -1.49. The first kappa shape index (κ1) is 17.6. The Balaban J connectivity index is 3.34. The topological polar surface area (TPSA) is 129 Å². The van der Waals surface area contributed by atoms with E-state index in [1.165, 1.54) is 12.1 Å². The highest BCUT2D eigenvalue weighted by Crippen LogP contribution is 2.25. The lowest BCUT2D eigenvalue weighted by Gasteiger charge is -2.12. The van der Waals surface area contributed by atoms with Gasteiger partial charge in [-0.15, -0.1) is 11.8 Å². The van der Waals surface area contributed by atoms with Gasteiger partial charge in [-0.3, -0.25) is 14.1 Å². The Kier molecular flexibility index (Phi) is 5.84.